The van der Waals surface area contributed by atoms with Gasteiger partial charge in [-0.25, -0.2) is 0 Å². The Labute approximate surface area is 117 Å². The fraction of sp³-hybridized carbons (Fsp3) is 0.267. The van der Waals surface area contributed by atoms with Gasteiger partial charge in [0.2, 0.25) is 0 Å². The molecular formula is C15H15BBrN. The zero-order valence-corrected chi connectivity index (χ0v) is 12.5. The van der Waals surface area contributed by atoms with Gasteiger partial charge < -0.3 is 0 Å². The summed E-state index contributed by atoms with van der Waals surface area (Å²) in [6, 6.07) is 12.9. The minimum atomic E-state index is -0.000880. The van der Waals surface area contributed by atoms with Crippen molar-refractivity contribution in [2.45, 2.75) is 24.0 Å². The number of hydrogen-bond acceptors (Lipinski definition) is 1. The lowest BCUT2D eigenvalue weighted by Gasteiger charge is -2.25. The van der Waals surface area contributed by atoms with Crippen LogP contribution in [-0.2, 0) is 5.41 Å². The average Bonchev–Trinajstić information content (AvgIpc) is 2.61. The molecule has 0 bridgehead atoms. The zero-order chi connectivity index (χ0) is 12.9. The van der Waals surface area contributed by atoms with Crippen LogP contribution in [0.25, 0.3) is 10.8 Å². The Morgan fingerprint density at radius 1 is 1.17 bits per heavy atom. The molecule has 2 aromatic rings. The van der Waals surface area contributed by atoms with E-state index in [0.717, 1.165) is 5.69 Å². The first kappa shape index (κ1) is 12.0. The molecule has 0 saturated heterocycles. The van der Waals surface area contributed by atoms with Crippen LogP contribution in [0.5, 0.6) is 0 Å². The van der Waals surface area contributed by atoms with Gasteiger partial charge in [-0.15, -0.1) is 0 Å². The zero-order valence-electron chi connectivity index (χ0n) is 10.9. The van der Waals surface area contributed by atoms with E-state index in [2.05, 4.69) is 74.0 Å². The van der Waals surface area contributed by atoms with Gasteiger partial charge in [0.25, 0.3) is 0 Å². The molecule has 0 saturated carbocycles. The molecule has 0 aliphatic carbocycles. The van der Waals surface area contributed by atoms with Gasteiger partial charge in [0.05, 0.1) is 5.69 Å². The number of aliphatic imine (C=N–C) groups is 1. The molecule has 1 atom stereocenters. The third kappa shape index (κ3) is 1.57. The predicted octanol–water partition coefficient (Wildman–Crippen LogP) is 3.56. The largest absolute Gasteiger partial charge is 0.256 e. The van der Waals surface area contributed by atoms with Crippen molar-refractivity contribution in [3.63, 3.8) is 0 Å². The number of hydrogen-bond donors (Lipinski definition) is 0. The molecule has 1 nitrogen and oxygen atoms in total. The standard InChI is InChI=1S/C15H15BBrN/c1-15(2)12-10-6-4-3-5-9(10)7-8-11(12)18-13(15)14(16)17/h3-8,14H,16H2,1-2H3. The molecule has 18 heavy (non-hydrogen) atoms. The van der Waals surface area contributed by atoms with Crippen molar-refractivity contribution in [2.75, 3.05) is 0 Å². The maximum Gasteiger partial charge on any atom is 0.126 e. The summed E-state index contributed by atoms with van der Waals surface area (Å²) in [6.07, 6.45) is 0. The van der Waals surface area contributed by atoms with E-state index in [1.165, 1.54) is 22.0 Å². The van der Waals surface area contributed by atoms with Gasteiger partial charge in [0.1, 0.15) is 7.85 Å². The molecule has 0 radical (unpaired) electrons. The van der Waals surface area contributed by atoms with Crippen molar-refractivity contribution >= 4 is 45.9 Å². The number of nitrogens with zero attached hydrogens (tertiary/aromatic N) is 1. The van der Waals surface area contributed by atoms with Gasteiger partial charge in [-0.1, -0.05) is 60.1 Å². The fourth-order valence-electron chi connectivity index (χ4n) is 2.99. The topological polar surface area (TPSA) is 12.4 Å². The fourth-order valence-corrected chi connectivity index (χ4v) is 3.67. The lowest BCUT2D eigenvalue weighted by molar-refractivity contribution is 0.739. The average molecular weight is 300 g/mol. The monoisotopic (exact) mass is 299 g/mol. The van der Waals surface area contributed by atoms with Crippen molar-refractivity contribution in [1.29, 1.82) is 0 Å². The van der Waals surface area contributed by atoms with Crippen LogP contribution in [0.1, 0.15) is 19.4 Å². The van der Waals surface area contributed by atoms with E-state index in [0.29, 0.717) is 4.73 Å². The van der Waals surface area contributed by atoms with Crippen LogP contribution in [0.4, 0.5) is 5.69 Å². The van der Waals surface area contributed by atoms with Crippen LogP contribution in [0.15, 0.2) is 41.4 Å². The smallest absolute Gasteiger partial charge is 0.126 e. The molecule has 0 fully saturated rings. The van der Waals surface area contributed by atoms with Gasteiger partial charge in [-0.05, 0) is 22.4 Å². The van der Waals surface area contributed by atoms with Crippen LogP contribution in [0.3, 0.4) is 0 Å². The van der Waals surface area contributed by atoms with Crippen LogP contribution >= 0.6 is 15.9 Å². The highest BCUT2D eigenvalue weighted by Gasteiger charge is 2.37. The maximum absolute atomic E-state index is 4.82. The van der Waals surface area contributed by atoms with Gasteiger partial charge in [0.15, 0.2) is 0 Å². The molecule has 1 unspecified atom stereocenters. The Balaban J connectivity index is 2.33. The van der Waals surface area contributed by atoms with Crippen molar-refractivity contribution in [1.82, 2.24) is 0 Å². The summed E-state index contributed by atoms with van der Waals surface area (Å²) in [5, 5.41) is 2.62. The van der Waals surface area contributed by atoms with Crippen LogP contribution in [-0.4, -0.2) is 18.3 Å². The molecule has 1 aliphatic rings. The highest BCUT2D eigenvalue weighted by molar-refractivity contribution is 9.10. The van der Waals surface area contributed by atoms with E-state index in [1.807, 2.05) is 0 Å². The second kappa shape index (κ2) is 3.96. The summed E-state index contributed by atoms with van der Waals surface area (Å²) in [4.78, 5) is 4.82. The first-order chi connectivity index (χ1) is 8.51. The SMILES string of the molecule is BC(Br)C1=Nc2ccc3ccccc3c2C1(C)C. The summed E-state index contributed by atoms with van der Waals surface area (Å²) in [6.45, 7) is 4.53. The molecule has 90 valence electrons. The molecule has 0 N–H and O–H groups in total. The second-order valence-corrected chi connectivity index (χ2v) is 6.79. The Hall–Kier alpha value is -1.09. The van der Waals surface area contributed by atoms with E-state index in [-0.39, 0.29) is 5.41 Å². The van der Waals surface area contributed by atoms with E-state index in [4.69, 9.17) is 4.99 Å². The van der Waals surface area contributed by atoms with Crippen molar-refractivity contribution in [3.8, 4) is 0 Å². The van der Waals surface area contributed by atoms with Gasteiger partial charge in [-0.3, -0.25) is 4.99 Å². The second-order valence-electron chi connectivity index (χ2n) is 5.42. The lowest BCUT2D eigenvalue weighted by Crippen LogP contribution is -2.32. The summed E-state index contributed by atoms with van der Waals surface area (Å²) in [7, 11) is 2.15. The maximum atomic E-state index is 4.82. The minimum Gasteiger partial charge on any atom is -0.256 e. The van der Waals surface area contributed by atoms with Crippen LogP contribution < -0.4 is 0 Å². The Bertz CT molecular complexity index is 659. The summed E-state index contributed by atoms with van der Waals surface area (Å²) in [5.74, 6) is 0. The highest BCUT2D eigenvalue weighted by Crippen LogP contribution is 2.45. The third-order valence-electron chi connectivity index (χ3n) is 3.79. The number of alkyl halides is 1. The number of halogens is 1. The van der Waals surface area contributed by atoms with Crippen molar-refractivity contribution < 1.29 is 0 Å². The van der Waals surface area contributed by atoms with Crippen LogP contribution in [0.2, 0.25) is 0 Å². The molecule has 1 heterocycles. The summed E-state index contributed by atoms with van der Waals surface area (Å²) in [5.41, 5.74) is 3.70. The number of fused-ring (bicyclic) bond motifs is 3. The Morgan fingerprint density at radius 2 is 1.89 bits per heavy atom. The van der Waals surface area contributed by atoms with Crippen molar-refractivity contribution in [3.05, 3.63) is 42.0 Å². The van der Waals surface area contributed by atoms with Gasteiger partial charge in [-0.2, -0.15) is 0 Å². The van der Waals surface area contributed by atoms with E-state index >= 15 is 0 Å². The number of benzene rings is 2. The molecule has 0 amide bonds. The predicted molar refractivity (Wildman–Crippen MR) is 85.3 cm³/mol. The first-order valence-electron chi connectivity index (χ1n) is 6.27. The summed E-state index contributed by atoms with van der Waals surface area (Å²) < 4.78 is 0.304. The lowest BCUT2D eigenvalue weighted by atomic mass is 9.75. The molecule has 2 aromatic carbocycles. The van der Waals surface area contributed by atoms with Crippen LogP contribution in [0, 0.1) is 0 Å². The highest BCUT2D eigenvalue weighted by atomic mass is 79.9. The van der Waals surface area contributed by atoms with E-state index in [1.54, 1.807) is 0 Å². The van der Waals surface area contributed by atoms with Gasteiger partial charge in [0, 0.05) is 15.9 Å². The third-order valence-corrected chi connectivity index (χ3v) is 4.22. The van der Waals surface area contributed by atoms with Gasteiger partial charge >= 0.3 is 0 Å². The Kier molecular flexibility index (Phi) is 2.63. The molecule has 0 spiro atoms. The number of rotatable bonds is 1. The van der Waals surface area contributed by atoms with E-state index < -0.39 is 0 Å². The first-order valence-corrected chi connectivity index (χ1v) is 7.19. The molecular weight excluding hydrogens is 285 g/mol. The quantitative estimate of drug-likeness (QED) is 0.564. The normalized spacial score (nSPS) is 18.5. The molecule has 0 aromatic heterocycles. The van der Waals surface area contributed by atoms with Crippen molar-refractivity contribution in [2.24, 2.45) is 4.99 Å². The van der Waals surface area contributed by atoms with E-state index in [9.17, 15) is 0 Å². The minimum absolute atomic E-state index is 0.000880. The molecule has 1 aliphatic heterocycles. The molecule has 3 heteroatoms. The molecule has 3 rings (SSSR count). The summed E-state index contributed by atoms with van der Waals surface area (Å²) >= 11 is 3.67. The Morgan fingerprint density at radius 3 is 2.61 bits per heavy atom.